The highest BCUT2D eigenvalue weighted by Crippen LogP contribution is 2.44. The van der Waals surface area contributed by atoms with Gasteiger partial charge in [-0.1, -0.05) is 55.5 Å². The molecular weight excluding hydrogens is 440 g/mol. The molecule has 2 aromatic carbocycles. The Morgan fingerprint density at radius 1 is 1.09 bits per heavy atom. The lowest BCUT2D eigenvalue weighted by Crippen LogP contribution is -2.57. The Labute approximate surface area is 198 Å². The van der Waals surface area contributed by atoms with Crippen molar-refractivity contribution in [2.24, 2.45) is 0 Å². The maximum atomic E-state index is 12.8. The smallest absolute Gasteiger partial charge is 0.407 e. The molecule has 1 aliphatic rings. The fourth-order valence-corrected chi connectivity index (χ4v) is 4.41. The number of rotatable bonds is 10. The number of carboxylic acids is 1. The molecule has 2 aromatic rings. The predicted octanol–water partition coefficient (Wildman–Crippen LogP) is 4.02. The van der Waals surface area contributed by atoms with Crippen LogP contribution in [-0.4, -0.2) is 53.3 Å². The second-order valence-electron chi connectivity index (χ2n) is 8.28. The number of ether oxygens (including phenoxy) is 1. The largest absolute Gasteiger partial charge is 0.480 e. The average Bonchev–Trinajstić information content (AvgIpc) is 3.13. The summed E-state index contributed by atoms with van der Waals surface area (Å²) < 4.78 is 5.55. The van der Waals surface area contributed by atoms with Gasteiger partial charge < -0.3 is 20.5 Å². The van der Waals surface area contributed by atoms with Crippen LogP contribution in [0, 0.1) is 0 Å². The number of fused-ring (bicyclic) bond motifs is 3. The first-order chi connectivity index (χ1) is 15.8. The topological polar surface area (TPSA) is 105 Å². The van der Waals surface area contributed by atoms with Crippen LogP contribution in [0.4, 0.5) is 4.79 Å². The number of carbonyl (C=O) groups excluding carboxylic acids is 2. The highest BCUT2D eigenvalue weighted by molar-refractivity contribution is 7.98. The molecule has 7 nitrogen and oxygen atoms in total. The summed E-state index contributed by atoms with van der Waals surface area (Å²) in [5, 5.41) is 14.6. The molecular formula is C25H30N2O5S. The van der Waals surface area contributed by atoms with Crippen molar-refractivity contribution >= 4 is 29.7 Å². The summed E-state index contributed by atoms with van der Waals surface area (Å²) in [6.45, 7) is 3.27. The molecule has 2 unspecified atom stereocenters. The summed E-state index contributed by atoms with van der Waals surface area (Å²) in [6.07, 6.45) is 1.77. The van der Waals surface area contributed by atoms with Crippen molar-refractivity contribution in [2.75, 3.05) is 18.6 Å². The van der Waals surface area contributed by atoms with Crippen molar-refractivity contribution in [1.29, 1.82) is 0 Å². The van der Waals surface area contributed by atoms with E-state index in [1.807, 2.05) is 42.7 Å². The van der Waals surface area contributed by atoms with E-state index in [0.717, 1.165) is 22.3 Å². The number of carbonyl (C=O) groups is 3. The summed E-state index contributed by atoms with van der Waals surface area (Å²) in [4.78, 5) is 37.0. The third-order valence-electron chi connectivity index (χ3n) is 6.14. The summed E-state index contributed by atoms with van der Waals surface area (Å²) >= 11 is 1.53. The number of hydrogen-bond acceptors (Lipinski definition) is 5. The molecule has 2 amide bonds. The molecule has 33 heavy (non-hydrogen) atoms. The fraction of sp³-hybridized carbons (Fsp3) is 0.400. The second kappa shape index (κ2) is 10.7. The molecule has 1 aliphatic carbocycles. The Morgan fingerprint density at radius 3 is 2.18 bits per heavy atom. The third-order valence-corrected chi connectivity index (χ3v) is 6.79. The van der Waals surface area contributed by atoms with Crippen molar-refractivity contribution in [2.45, 2.75) is 44.2 Å². The Bertz CT molecular complexity index is 982. The van der Waals surface area contributed by atoms with Crippen molar-refractivity contribution in [3.63, 3.8) is 0 Å². The van der Waals surface area contributed by atoms with Gasteiger partial charge in [-0.05, 0) is 54.0 Å². The van der Waals surface area contributed by atoms with E-state index in [-0.39, 0.29) is 18.9 Å². The molecule has 0 aliphatic heterocycles. The van der Waals surface area contributed by atoms with E-state index >= 15 is 0 Å². The standard InChI is InChI=1S/C25H30N2O5S/c1-4-25(2,23(29)30)27-22(28)21(13-14-33-3)26-24(31)32-15-20-18-11-7-5-9-16(18)17-10-6-8-12-19(17)20/h5-12,20-21H,4,13-15H2,1-3H3,(H,26,31)(H,27,28)(H,29,30). The van der Waals surface area contributed by atoms with Crippen LogP contribution in [0.2, 0.25) is 0 Å². The van der Waals surface area contributed by atoms with E-state index < -0.39 is 29.6 Å². The molecule has 0 aromatic heterocycles. The molecule has 3 N–H and O–H groups in total. The lowest BCUT2D eigenvalue weighted by atomic mass is 9.98. The van der Waals surface area contributed by atoms with Crippen LogP contribution in [0.1, 0.15) is 43.7 Å². The predicted molar refractivity (Wildman–Crippen MR) is 129 cm³/mol. The van der Waals surface area contributed by atoms with Gasteiger partial charge in [-0.25, -0.2) is 9.59 Å². The fourth-order valence-electron chi connectivity index (χ4n) is 3.94. The first kappa shape index (κ1) is 24.6. The Balaban J connectivity index is 1.67. The van der Waals surface area contributed by atoms with Gasteiger partial charge in [-0.15, -0.1) is 0 Å². The van der Waals surface area contributed by atoms with Crippen LogP contribution in [0.5, 0.6) is 0 Å². The molecule has 0 heterocycles. The molecule has 2 atom stereocenters. The van der Waals surface area contributed by atoms with Crippen LogP contribution < -0.4 is 10.6 Å². The number of carboxylic acid groups (broad SMARTS) is 1. The molecule has 0 saturated heterocycles. The third kappa shape index (κ3) is 5.50. The summed E-state index contributed by atoms with van der Waals surface area (Å²) in [6, 6.07) is 15.2. The molecule has 0 bridgehead atoms. The minimum atomic E-state index is -1.41. The van der Waals surface area contributed by atoms with Crippen LogP contribution in [0.25, 0.3) is 11.1 Å². The lowest BCUT2D eigenvalue weighted by Gasteiger charge is -2.27. The zero-order valence-corrected chi connectivity index (χ0v) is 19.9. The van der Waals surface area contributed by atoms with Crippen LogP contribution in [0.15, 0.2) is 48.5 Å². The summed E-state index contributed by atoms with van der Waals surface area (Å²) in [7, 11) is 0. The van der Waals surface area contributed by atoms with Gasteiger partial charge in [0, 0.05) is 5.92 Å². The average molecular weight is 471 g/mol. The molecule has 3 rings (SSSR count). The molecule has 176 valence electrons. The van der Waals surface area contributed by atoms with Crippen molar-refractivity contribution < 1.29 is 24.2 Å². The Hall–Kier alpha value is -3.00. The Morgan fingerprint density at radius 2 is 1.67 bits per heavy atom. The summed E-state index contributed by atoms with van der Waals surface area (Å²) in [5.41, 5.74) is 3.06. The Kier molecular flexibility index (Phi) is 8.02. The van der Waals surface area contributed by atoms with E-state index in [1.54, 1.807) is 6.92 Å². The van der Waals surface area contributed by atoms with Crippen LogP contribution >= 0.6 is 11.8 Å². The van der Waals surface area contributed by atoms with Gasteiger partial charge in [0.1, 0.15) is 18.2 Å². The summed E-state index contributed by atoms with van der Waals surface area (Å²) in [5.74, 6) is -1.12. The number of benzene rings is 2. The SMILES string of the molecule is CCC(C)(NC(=O)C(CCSC)NC(=O)OCC1c2ccccc2-c2ccccc21)C(=O)O. The highest BCUT2D eigenvalue weighted by atomic mass is 32.2. The molecule has 0 saturated carbocycles. The highest BCUT2D eigenvalue weighted by Gasteiger charge is 2.35. The number of hydrogen-bond donors (Lipinski definition) is 3. The van der Waals surface area contributed by atoms with E-state index in [4.69, 9.17) is 4.74 Å². The number of thioether (sulfide) groups is 1. The van der Waals surface area contributed by atoms with Gasteiger partial charge >= 0.3 is 12.1 Å². The molecule has 8 heteroatoms. The van der Waals surface area contributed by atoms with E-state index in [9.17, 15) is 19.5 Å². The first-order valence-corrected chi connectivity index (χ1v) is 12.4. The molecule has 0 fully saturated rings. The minimum Gasteiger partial charge on any atom is -0.480 e. The number of alkyl carbamates (subject to hydrolysis) is 1. The van der Waals surface area contributed by atoms with E-state index in [1.165, 1.54) is 18.7 Å². The van der Waals surface area contributed by atoms with Crippen molar-refractivity contribution in [3.8, 4) is 11.1 Å². The minimum absolute atomic E-state index is 0.0861. The number of amides is 2. The molecule has 0 spiro atoms. The van der Waals surface area contributed by atoms with Gasteiger partial charge in [-0.3, -0.25) is 4.79 Å². The maximum absolute atomic E-state index is 12.8. The quantitative estimate of drug-likeness (QED) is 0.485. The normalized spacial score (nSPS) is 15.0. The lowest BCUT2D eigenvalue weighted by molar-refractivity contribution is -0.147. The number of aliphatic carboxylic acids is 1. The van der Waals surface area contributed by atoms with Crippen molar-refractivity contribution in [1.82, 2.24) is 10.6 Å². The monoisotopic (exact) mass is 470 g/mol. The van der Waals surface area contributed by atoms with E-state index in [2.05, 4.69) is 22.8 Å². The second-order valence-corrected chi connectivity index (χ2v) is 9.27. The van der Waals surface area contributed by atoms with Gasteiger partial charge in [-0.2, -0.15) is 11.8 Å². The van der Waals surface area contributed by atoms with Gasteiger partial charge in [0.25, 0.3) is 0 Å². The first-order valence-electron chi connectivity index (χ1n) is 11.0. The van der Waals surface area contributed by atoms with Gasteiger partial charge in [0.15, 0.2) is 0 Å². The van der Waals surface area contributed by atoms with Crippen LogP contribution in [0.3, 0.4) is 0 Å². The zero-order chi connectivity index (χ0) is 24.0. The van der Waals surface area contributed by atoms with Crippen molar-refractivity contribution in [3.05, 3.63) is 59.7 Å². The van der Waals surface area contributed by atoms with E-state index in [0.29, 0.717) is 12.2 Å². The van der Waals surface area contributed by atoms with Crippen LogP contribution in [-0.2, 0) is 14.3 Å². The molecule has 0 radical (unpaired) electrons. The van der Waals surface area contributed by atoms with Gasteiger partial charge in [0.2, 0.25) is 5.91 Å². The van der Waals surface area contributed by atoms with Gasteiger partial charge in [0.05, 0.1) is 0 Å². The number of nitrogens with one attached hydrogen (secondary N) is 2. The maximum Gasteiger partial charge on any atom is 0.407 e. The zero-order valence-electron chi connectivity index (χ0n) is 19.1.